The molecule has 1 aromatic heterocycles. The van der Waals surface area contributed by atoms with Crippen molar-refractivity contribution in [3.05, 3.63) is 53.1 Å². The zero-order valence-corrected chi connectivity index (χ0v) is 11.9. The van der Waals surface area contributed by atoms with E-state index in [-0.39, 0.29) is 0 Å². The first kappa shape index (κ1) is 12.8. The van der Waals surface area contributed by atoms with Crippen molar-refractivity contribution in [2.24, 2.45) is 0 Å². The van der Waals surface area contributed by atoms with Crippen LogP contribution in [0.3, 0.4) is 0 Å². The molecule has 0 bridgehead atoms. The summed E-state index contributed by atoms with van der Waals surface area (Å²) < 4.78 is 0. The third kappa shape index (κ3) is 2.56. The molecule has 0 saturated carbocycles. The summed E-state index contributed by atoms with van der Waals surface area (Å²) in [5, 5.41) is 0.744. The normalized spacial score (nSPS) is 10.9. The quantitative estimate of drug-likeness (QED) is 0.725. The Balaban J connectivity index is 1.86. The van der Waals surface area contributed by atoms with Gasteiger partial charge in [0, 0.05) is 24.3 Å². The maximum Gasteiger partial charge on any atom is 0.203 e. The molecule has 20 heavy (non-hydrogen) atoms. The van der Waals surface area contributed by atoms with Gasteiger partial charge in [-0.05, 0) is 35.9 Å². The molecule has 4 nitrogen and oxygen atoms in total. The number of nitrogens with one attached hydrogen (secondary N) is 1. The topological polar surface area (TPSA) is 57.9 Å². The third-order valence-corrected chi connectivity index (χ3v) is 3.40. The summed E-state index contributed by atoms with van der Waals surface area (Å²) in [7, 11) is 1.99. The van der Waals surface area contributed by atoms with Gasteiger partial charge in [-0.1, -0.05) is 23.7 Å². The number of aromatic nitrogens is 2. The Morgan fingerprint density at radius 3 is 2.90 bits per heavy atom. The number of hydrogen-bond acceptors (Lipinski definition) is 3. The number of benzene rings is 2. The number of nitrogen functional groups attached to an aromatic ring is 1. The largest absolute Gasteiger partial charge is 0.399 e. The van der Waals surface area contributed by atoms with Crippen molar-refractivity contribution in [1.29, 1.82) is 0 Å². The van der Waals surface area contributed by atoms with Gasteiger partial charge in [-0.25, -0.2) is 4.98 Å². The molecule has 0 saturated heterocycles. The van der Waals surface area contributed by atoms with Gasteiger partial charge in [-0.3, -0.25) is 0 Å². The number of nitrogens with two attached hydrogens (primary N) is 1. The van der Waals surface area contributed by atoms with Crippen LogP contribution >= 0.6 is 11.6 Å². The Kier molecular flexibility index (Phi) is 3.24. The van der Waals surface area contributed by atoms with Gasteiger partial charge in [0.15, 0.2) is 0 Å². The van der Waals surface area contributed by atoms with E-state index in [1.807, 2.05) is 54.4 Å². The SMILES string of the molecule is CN(Cc1cccc(Cl)c1)c1nc2ccc(N)cc2[nH]1. The molecule has 1 heterocycles. The Morgan fingerprint density at radius 2 is 2.10 bits per heavy atom. The van der Waals surface area contributed by atoms with Crippen molar-refractivity contribution in [2.45, 2.75) is 6.54 Å². The van der Waals surface area contributed by atoms with Crippen LogP contribution in [0, 0.1) is 0 Å². The minimum atomic E-state index is 0.727. The van der Waals surface area contributed by atoms with Gasteiger partial charge < -0.3 is 15.6 Å². The number of nitrogens with zero attached hydrogens (tertiary/aromatic N) is 2. The number of anilines is 2. The van der Waals surface area contributed by atoms with E-state index in [9.17, 15) is 0 Å². The lowest BCUT2D eigenvalue weighted by Crippen LogP contribution is -2.17. The lowest BCUT2D eigenvalue weighted by Gasteiger charge is -2.15. The van der Waals surface area contributed by atoms with Gasteiger partial charge in [-0.15, -0.1) is 0 Å². The Morgan fingerprint density at radius 1 is 1.25 bits per heavy atom. The van der Waals surface area contributed by atoms with Crippen molar-refractivity contribution in [1.82, 2.24) is 9.97 Å². The minimum absolute atomic E-state index is 0.727. The average molecular weight is 287 g/mol. The predicted octanol–water partition coefficient (Wildman–Crippen LogP) is 3.43. The number of hydrogen-bond donors (Lipinski definition) is 2. The van der Waals surface area contributed by atoms with Gasteiger partial charge in [-0.2, -0.15) is 0 Å². The highest BCUT2D eigenvalue weighted by Crippen LogP contribution is 2.20. The molecule has 0 amide bonds. The third-order valence-electron chi connectivity index (χ3n) is 3.16. The molecule has 3 N–H and O–H groups in total. The fraction of sp³-hybridized carbons (Fsp3) is 0.133. The van der Waals surface area contributed by atoms with Crippen molar-refractivity contribution in [2.75, 3.05) is 17.7 Å². The van der Waals surface area contributed by atoms with Gasteiger partial charge in [0.25, 0.3) is 0 Å². The van der Waals surface area contributed by atoms with E-state index in [4.69, 9.17) is 17.3 Å². The summed E-state index contributed by atoms with van der Waals surface area (Å²) in [6.45, 7) is 0.732. The van der Waals surface area contributed by atoms with Gasteiger partial charge >= 0.3 is 0 Å². The van der Waals surface area contributed by atoms with Crippen molar-refractivity contribution in [3.63, 3.8) is 0 Å². The van der Waals surface area contributed by atoms with E-state index >= 15 is 0 Å². The number of halogens is 1. The fourth-order valence-corrected chi connectivity index (χ4v) is 2.39. The summed E-state index contributed by atoms with van der Waals surface area (Å²) in [6, 6.07) is 13.5. The van der Waals surface area contributed by atoms with E-state index in [1.165, 1.54) is 0 Å². The molecule has 0 fully saturated rings. The molecule has 0 radical (unpaired) electrons. The number of rotatable bonds is 3. The highest BCUT2D eigenvalue weighted by Gasteiger charge is 2.08. The number of H-pyrrole nitrogens is 1. The van der Waals surface area contributed by atoms with E-state index in [0.717, 1.165) is 39.8 Å². The first-order chi connectivity index (χ1) is 9.61. The summed E-state index contributed by atoms with van der Waals surface area (Å²) in [4.78, 5) is 9.87. The summed E-state index contributed by atoms with van der Waals surface area (Å²) in [5.41, 5.74) is 9.49. The zero-order valence-electron chi connectivity index (χ0n) is 11.1. The smallest absolute Gasteiger partial charge is 0.203 e. The first-order valence-electron chi connectivity index (χ1n) is 6.32. The molecule has 0 aliphatic carbocycles. The highest BCUT2D eigenvalue weighted by molar-refractivity contribution is 6.30. The van der Waals surface area contributed by atoms with E-state index < -0.39 is 0 Å². The molecule has 102 valence electrons. The Labute approximate surface area is 122 Å². The number of aromatic amines is 1. The van der Waals surface area contributed by atoms with Gasteiger partial charge in [0.1, 0.15) is 0 Å². The summed E-state index contributed by atoms with van der Waals surface area (Å²) >= 11 is 6.00. The molecule has 0 aliphatic heterocycles. The first-order valence-corrected chi connectivity index (χ1v) is 6.70. The number of imidazole rings is 1. The minimum Gasteiger partial charge on any atom is -0.399 e. The second kappa shape index (κ2) is 5.06. The molecule has 2 aromatic carbocycles. The molecule has 0 unspecified atom stereocenters. The van der Waals surface area contributed by atoms with Crippen LogP contribution in [0.5, 0.6) is 0 Å². The van der Waals surface area contributed by atoms with E-state index in [2.05, 4.69) is 9.97 Å². The monoisotopic (exact) mass is 286 g/mol. The standard InChI is InChI=1S/C15H15ClN4/c1-20(9-10-3-2-4-11(16)7-10)15-18-13-6-5-12(17)8-14(13)19-15/h2-8H,9,17H2,1H3,(H,18,19). The van der Waals surface area contributed by atoms with E-state index in [1.54, 1.807) is 0 Å². The van der Waals surface area contributed by atoms with Crippen molar-refractivity contribution < 1.29 is 0 Å². The number of fused-ring (bicyclic) bond motifs is 1. The van der Waals surface area contributed by atoms with Crippen LogP contribution < -0.4 is 10.6 Å². The lowest BCUT2D eigenvalue weighted by atomic mass is 10.2. The molecule has 5 heteroatoms. The second-order valence-corrected chi connectivity index (χ2v) is 5.26. The highest BCUT2D eigenvalue weighted by atomic mass is 35.5. The summed E-state index contributed by atoms with van der Waals surface area (Å²) in [5.74, 6) is 0.811. The molecular formula is C15H15ClN4. The van der Waals surface area contributed by atoms with Gasteiger partial charge in [0.05, 0.1) is 11.0 Å². The van der Waals surface area contributed by atoms with Crippen LogP contribution in [0.15, 0.2) is 42.5 Å². The predicted molar refractivity (Wildman–Crippen MR) is 84.1 cm³/mol. The van der Waals surface area contributed by atoms with Crippen molar-refractivity contribution >= 4 is 34.3 Å². The molecule has 3 rings (SSSR count). The van der Waals surface area contributed by atoms with Gasteiger partial charge in [0.2, 0.25) is 5.95 Å². The molecule has 0 spiro atoms. The Bertz CT molecular complexity index is 750. The molecule has 0 aliphatic rings. The maximum atomic E-state index is 6.00. The second-order valence-electron chi connectivity index (χ2n) is 4.82. The van der Waals surface area contributed by atoms with Crippen molar-refractivity contribution in [3.8, 4) is 0 Å². The Hall–Kier alpha value is -2.20. The zero-order chi connectivity index (χ0) is 14.1. The molecule has 3 aromatic rings. The van der Waals surface area contributed by atoms with Crippen LogP contribution in [0.1, 0.15) is 5.56 Å². The van der Waals surface area contributed by atoms with Crippen LogP contribution in [-0.4, -0.2) is 17.0 Å². The van der Waals surface area contributed by atoms with E-state index in [0.29, 0.717) is 0 Å². The van der Waals surface area contributed by atoms with Crippen LogP contribution in [0.25, 0.3) is 11.0 Å². The molecular weight excluding hydrogens is 272 g/mol. The van der Waals surface area contributed by atoms with Crippen LogP contribution in [-0.2, 0) is 6.54 Å². The van der Waals surface area contributed by atoms with Crippen LogP contribution in [0.4, 0.5) is 11.6 Å². The fourth-order valence-electron chi connectivity index (χ4n) is 2.18. The summed E-state index contributed by atoms with van der Waals surface area (Å²) in [6.07, 6.45) is 0. The maximum absolute atomic E-state index is 6.00. The molecule has 0 atom stereocenters. The lowest BCUT2D eigenvalue weighted by molar-refractivity contribution is 0.885. The van der Waals surface area contributed by atoms with Crippen LogP contribution in [0.2, 0.25) is 5.02 Å². The average Bonchev–Trinajstić information content (AvgIpc) is 2.81.